The Morgan fingerprint density at radius 2 is 1.80 bits per heavy atom. The molecule has 1 atom stereocenters. The van der Waals surface area contributed by atoms with Gasteiger partial charge in [-0.2, -0.15) is 4.98 Å². The molecule has 1 aromatic carbocycles. The molecule has 1 amide bonds. The second-order valence-electron chi connectivity index (χ2n) is 9.00. The fourth-order valence-corrected chi connectivity index (χ4v) is 4.66. The molecular formula is C24H34N4O2. The summed E-state index contributed by atoms with van der Waals surface area (Å²) in [5.74, 6) is 1.53. The van der Waals surface area contributed by atoms with Crippen molar-refractivity contribution in [1.82, 2.24) is 20.4 Å². The van der Waals surface area contributed by atoms with Crippen LogP contribution in [0.25, 0.3) is 11.4 Å². The number of hydrogen-bond acceptors (Lipinski definition) is 5. The van der Waals surface area contributed by atoms with Gasteiger partial charge in [0.15, 0.2) is 0 Å². The molecule has 1 aliphatic carbocycles. The first-order chi connectivity index (χ1) is 14.7. The van der Waals surface area contributed by atoms with Crippen LogP contribution in [0.1, 0.15) is 69.2 Å². The van der Waals surface area contributed by atoms with E-state index in [0.29, 0.717) is 24.3 Å². The van der Waals surface area contributed by atoms with Crippen molar-refractivity contribution in [2.24, 2.45) is 5.92 Å². The van der Waals surface area contributed by atoms with Gasteiger partial charge in [-0.3, -0.25) is 9.69 Å². The maximum atomic E-state index is 12.9. The molecule has 0 radical (unpaired) electrons. The number of carbonyl (C=O) groups excluding carboxylic acids is 1. The molecule has 1 saturated carbocycles. The van der Waals surface area contributed by atoms with Crippen molar-refractivity contribution in [2.75, 3.05) is 13.1 Å². The van der Waals surface area contributed by atoms with Gasteiger partial charge in [0.2, 0.25) is 17.6 Å². The number of rotatable bonds is 5. The third-order valence-electron chi connectivity index (χ3n) is 6.46. The van der Waals surface area contributed by atoms with Crippen LogP contribution in [0.2, 0.25) is 0 Å². The van der Waals surface area contributed by atoms with E-state index in [0.717, 1.165) is 44.3 Å². The molecule has 1 unspecified atom stereocenters. The summed E-state index contributed by atoms with van der Waals surface area (Å²) >= 11 is 0. The number of nitrogens with one attached hydrogen (secondary N) is 1. The summed E-state index contributed by atoms with van der Waals surface area (Å²) in [4.78, 5) is 19.7. The van der Waals surface area contributed by atoms with Gasteiger partial charge in [0.25, 0.3) is 0 Å². The molecule has 30 heavy (non-hydrogen) atoms. The molecule has 1 N–H and O–H groups in total. The molecule has 162 valence electrons. The molecule has 1 aliphatic heterocycles. The lowest BCUT2D eigenvalue weighted by Crippen LogP contribution is -2.45. The quantitative estimate of drug-likeness (QED) is 0.786. The summed E-state index contributed by atoms with van der Waals surface area (Å²) < 4.78 is 5.49. The van der Waals surface area contributed by atoms with Gasteiger partial charge in [-0.05, 0) is 39.2 Å². The first kappa shape index (κ1) is 21.0. The largest absolute Gasteiger partial charge is 0.353 e. The SMILES string of the molecule is Cc1ccc(-c2noc(CN3CCCC(C(=O)NC4CCCCCCC4)C3)n2)cc1. The standard InChI is InChI=1S/C24H34N4O2/c1-18-11-13-19(14-12-18)23-26-22(30-27-23)17-28-15-7-8-20(16-28)24(29)25-21-9-5-3-2-4-6-10-21/h11-14,20-21H,2-10,15-17H2,1H3,(H,25,29). The highest BCUT2D eigenvalue weighted by atomic mass is 16.5. The summed E-state index contributed by atoms with van der Waals surface area (Å²) in [5, 5.41) is 7.49. The normalized spacial score (nSPS) is 21.7. The second-order valence-corrected chi connectivity index (χ2v) is 9.00. The van der Waals surface area contributed by atoms with Gasteiger partial charge in [0.1, 0.15) is 0 Å². The molecule has 2 aliphatic rings. The monoisotopic (exact) mass is 410 g/mol. The van der Waals surface area contributed by atoms with E-state index in [1.807, 2.05) is 12.1 Å². The lowest BCUT2D eigenvalue weighted by Gasteiger charge is -2.32. The molecule has 1 aromatic heterocycles. The van der Waals surface area contributed by atoms with Crippen molar-refractivity contribution in [3.05, 3.63) is 35.7 Å². The van der Waals surface area contributed by atoms with Gasteiger partial charge >= 0.3 is 0 Å². The van der Waals surface area contributed by atoms with Crippen LogP contribution in [-0.2, 0) is 11.3 Å². The molecule has 0 spiro atoms. The molecule has 4 rings (SSSR count). The third-order valence-corrected chi connectivity index (χ3v) is 6.46. The van der Waals surface area contributed by atoms with Crippen molar-refractivity contribution in [1.29, 1.82) is 0 Å². The van der Waals surface area contributed by atoms with Gasteiger partial charge in [-0.25, -0.2) is 0 Å². The Morgan fingerprint density at radius 1 is 1.07 bits per heavy atom. The number of carbonyl (C=O) groups is 1. The first-order valence-corrected chi connectivity index (χ1v) is 11.6. The number of piperidine rings is 1. The van der Waals surface area contributed by atoms with Crippen molar-refractivity contribution in [3.63, 3.8) is 0 Å². The number of aromatic nitrogens is 2. The molecule has 0 bridgehead atoms. The van der Waals surface area contributed by atoms with Crippen LogP contribution in [0.4, 0.5) is 0 Å². The van der Waals surface area contributed by atoms with Crippen LogP contribution in [0.5, 0.6) is 0 Å². The highest BCUT2D eigenvalue weighted by Gasteiger charge is 2.28. The van der Waals surface area contributed by atoms with Gasteiger partial charge in [-0.1, -0.05) is 67.1 Å². The van der Waals surface area contributed by atoms with Crippen LogP contribution < -0.4 is 5.32 Å². The zero-order valence-corrected chi connectivity index (χ0v) is 18.1. The van der Waals surface area contributed by atoms with E-state index in [1.165, 1.54) is 37.7 Å². The number of amides is 1. The highest BCUT2D eigenvalue weighted by molar-refractivity contribution is 5.79. The average molecular weight is 411 g/mol. The second kappa shape index (κ2) is 10.2. The maximum absolute atomic E-state index is 12.9. The Labute approximate surface area is 179 Å². The molecule has 2 fully saturated rings. The Balaban J connectivity index is 1.30. The van der Waals surface area contributed by atoms with Crippen molar-refractivity contribution in [2.45, 2.75) is 77.3 Å². The number of aryl methyl sites for hydroxylation is 1. The van der Waals surface area contributed by atoms with Crippen LogP contribution >= 0.6 is 0 Å². The minimum atomic E-state index is 0.0590. The van der Waals surface area contributed by atoms with Crippen LogP contribution in [0, 0.1) is 12.8 Å². The number of nitrogens with zero attached hydrogens (tertiary/aromatic N) is 3. The number of benzene rings is 1. The highest BCUT2D eigenvalue weighted by Crippen LogP contribution is 2.22. The minimum absolute atomic E-state index is 0.0590. The molecule has 1 saturated heterocycles. The van der Waals surface area contributed by atoms with Crippen molar-refractivity contribution >= 4 is 5.91 Å². The predicted molar refractivity (Wildman–Crippen MR) is 117 cm³/mol. The van der Waals surface area contributed by atoms with E-state index in [-0.39, 0.29) is 11.8 Å². The zero-order chi connectivity index (χ0) is 20.8. The van der Waals surface area contributed by atoms with Gasteiger partial charge in [0, 0.05) is 18.2 Å². The topological polar surface area (TPSA) is 71.3 Å². The molecule has 2 heterocycles. The van der Waals surface area contributed by atoms with Gasteiger partial charge in [-0.15, -0.1) is 0 Å². The Bertz CT molecular complexity index is 809. The first-order valence-electron chi connectivity index (χ1n) is 11.6. The minimum Gasteiger partial charge on any atom is -0.353 e. The fraction of sp³-hybridized carbons (Fsp3) is 0.625. The summed E-state index contributed by atoms with van der Waals surface area (Å²) in [7, 11) is 0. The van der Waals surface area contributed by atoms with Gasteiger partial charge < -0.3 is 9.84 Å². The van der Waals surface area contributed by atoms with E-state index in [2.05, 4.69) is 39.4 Å². The molecule has 2 aromatic rings. The lowest BCUT2D eigenvalue weighted by molar-refractivity contribution is -0.127. The lowest BCUT2D eigenvalue weighted by atomic mass is 9.94. The number of hydrogen-bond donors (Lipinski definition) is 1. The van der Waals surface area contributed by atoms with Gasteiger partial charge in [0.05, 0.1) is 12.5 Å². The molecule has 6 heteroatoms. The smallest absolute Gasteiger partial charge is 0.241 e. The van der Waals surface area contributed by atoms with E-state index in [4.69, 9.17) is 4.52 Å². The summed E-state index contributed by atoms with van der Waals surface area (Å²) in [6, 6.07) is 8.49. The van der Waals surface area contributed by atoms with Crippen molar-refractivity contribution in [3.8, 4) is 11.4 Å². The van der Waals surface area contributed by atoms with Crippen LogP contribution in [0.15, 0.2) is 28.8 Å². The Hall–Kier alpha value is -2.21. The van der Waals surface area contributed by atoms with Crippen LogP contribution in [0.3, 0.4) is 0 Å². The summed E-state index contributed by atoms with van der Waals surface area (Å²) in [5.41, 5.74) is 2.17. The summed E-state index contributed by atoms with van der Waals surface area (Å²) in [6.07, 6.45) is 10.7. The molecule has 6 nitrogen and oxygen atoms in total. The Morgan fingerprint density at radius 3 is 2.57 bits per heavy atom. The van der Waals surface area contributed by atoms with E-state index in [1.54, 1.807) is 0 Å². The van der Waals surface area contributed by atoms with Crippen LogP contribution in [-0.4, -0.2) is 40.1 Å². The summed E-state index contributed by atoms with van der Waals surface area (Å²) in [6.45, 7) is 4.40. The predicted octanol–water partition coefficient (Wildman–Crippen LogP) is 4.49. The third kappa shape index (κ3) is 5.69. The van der Waals surface area contributed by atoms with E-state index >= 15 is 0 Å². The molecular weight excluding hydrogens is 376 g/mol. The van der Waals surface area contributed by atoms with Crippen molar-refractivity contribution < 1.29 is 9.32 Å². The maximum Gasteiger partial charge on any atom is 0.241 e. The van der Waals surface area contributed by atoms with E-state index < -0.39 is 0 Å². The number of likely N-dealkylation sites (tertiary alicyclic amines) is 1. The fourth-order valence-electron chi connectivity index (χ4n) is 4.66. The zero-order valence-electron chi connectivity index (χ0n) is 18.1. The average Bonchev–Trinajstić information content (AvgIpc) is 3.19. The Kier molecular flexibility index (Phi) is 7.16. The van der Waals surface area contributed by atoms with E-state index in [9.17, 15) is 4.79 Å².